The summed E-state index contributed by atoms with van der Waals surface area (Å²) in [6, 6.07) is 12.8. The molecular weight excluding hydrogens is 320 g/mol. The number of para-hydroxylation sites is 1. The van der Waals surface area contributed by atoms with Crippen LogP contribution in [-0.4, -0.2) is 16.9 Å². The van der Waals surface area contributed by atoms with Crippen molar-refractivity contribution in [3.63, 3.8) is 0 Å². The molecule has 0 saturated heterocycles. The van der Waals surface area contributed by atoms with E-state index in [0.717, 1.165) is 0 Å². The largest absolute Gasteiger partial charge is 0.481 e. The predicted molar refractivity (Wildman–Crippen MR) is 87.9 cm³/mol. The molecule has 0 aliphatic rings. The highest BCUT2D eigenvalue weighted by molar-refractivity contribution is 6.33. The zero-order valence-electron chi connectivity index (χ0n) is 12.4. The molecule has 0 bridgehead atoms. The van der Waals surface area contributed by atoms with Crippen LogP contribution in [0, 0.1) is 10.1 Å². The topological polar surface area (TPSA) is 81.5 Å². The molecule has 6 nitrogen and oxygen atoms in total. The van der Waals surface area contributed by atoms with Crippen LogP contribution in [0.1, 0.15) is 13.3 Å². The van der Waals surface area contributed by atoms with Crippen LogP contribution in [0.25, 0.3) is 0 Å². The number of nitro benzene ring substituents is 1. The van der Waals surface area contributed by atoms with Gasteiger partial charge in [-0.25, -0.2) is 0 Å². The number of nitrogens with zero attached hydrogens (tertiary/aromatic N) is 1. The Morgan fingerprint density at radius 2 is 2.00 bits per heavy atom. The second-order valence-corrected chi connectivity index (χ2v) is 5.15. The highest BCUT2D eigenvalue weighted by Gasteiger charge is 2.20. The highest BCUT2D eigenvalue weighted by Crippen LogP contribution is 2.27. The summed E-state index contributed by atoms with van der Waals surface area (Å²) >= 11 is 5.97. The minimum atomic E-state index is -0.729. The molecular formula is C16H15ClN2O4. The zero-order valence-corrected chi connectivity index (χ0v) is 13.1. The maximum absolute atomic E-state index is 12.3. The lowest BCUT2D eigenvalue weighted by Gasteiger charge is -2.17. The van der Waals surface area contributed by atoms with Gasteiger partial charge < -0.3 is 10.1 Å². The number of rotatable bonds is 6. The molecule has 1 N–H and O–H groups in total. The molecule has 1 amide bonds. The lowest BCUT2D eigenvalue weighted by Crippen LogP contribution is -2.32. The van der Waals surface area contributed by atoms with Gasteiger partial charge in [0.15, 0.2) is 6.10 Å². The molecule has 1 atom stereocenters. The predicted octanol–water partition coefficient (Wildman–Crippen LogP) is 4.04. The van der Waals surface area contributed by atoms with Gasteiger partial charge in [0, 0.05) is 12.1 Å². The molecule has 2 aromatic rings. The summed E-state index contributed by atoms with van der Waals surface area (Å²) < 4.78 is 5.63. The molecule has 2 rings (SSSR count). The van der Waals surface area contributed by atoms with Crippen molar-refractivity contribution in [3.05, 3.63) is 63.7 Å². The van der Waals surface area contributed by atoms with Gasteiger partial charge in [-0.15, -0.1) is 0 Å². The van der Waals surface area contributed by atoms with Gasteiger partial charge in [-0.2, -0.15) is 0 Å². The number of amides is 1. The van der Waals surface area contributed by atoms with Gasteiger partial charge in [0.25, 0.3) is 11.6 Å². The quantitative estimate of drug-likeness (QED) is 0.638. The molecule has 0 heterocycles. The third kappa shape index (κ3) is 4.43. The number of nitro groups is 1. The Hall–Kier alpha value is -2.60. The van der Waals surface area contributed by atoms with E-state index in [1.165, 1.54) is 18.2 Å². The number of benzene rings is 2. The second-order valence-electron chi connectivity index (χ2n) is 4.74. The van der Waals surface area contributed by atoms with Crippen LogP contribution in [0.4, 0.5) is 11.4 Å². The molecule has 23 heavy (non-hydrogen) atoms. The van der Waals surface area contributed by atoms with Crippen LogP contribution in [0.15, 0.2) is 48.5 Å². The van der Waals surface area contributed by atoms with Crippen molar-refractivity contribution >= 4 is 28.9 Å². The second kappa shape index (κ2) is 7.60. The number of anilines is 1. The first-order chi connectivity index (χ1) is 11.0. The fourth-order valence-corrected chi connectivity index (χ4v) is 2.09. The monoisotopic (exact) mass is 334 g/mol. The molecule has 2 aromatic carbocycles. The van der Waals surface area contributed by atoms with Gasteiger partial charge in [0.2, 0.25) is 0 Å². The first-order valence-electron chi connectivity index (χ1n) is 6.97. The van der Waals surface area contributed by atoms with Crippen LogP contribution in [0.3, 0.4) is 0 Å². The molecule has 0 saturated carbocycles. The van der Waals surface area contributed by atoms with E-state index < -0.39 is 16.9 Å². The minimum absolute atomic E-state index is 0.151. The fraction of sp³-hybridized carbons (Fsp3) is 0.188. The number of hydrogen-bond donors (Lipinski definition) is 1. The molecule has 0 radical (unpaired) electrons. The van der Waals surface area contributed by atoms with E-state index in [4.69, 9.17) is 16.3 Å². The van der Waals surface area contributed by atoms with E-state index in [1.807, 2.05) is 13.0 Å². The van der Waals surface area contributed by atoms with Gasteiger partial charge >= 0.3 is 0 Å². The zero-order chi connectivity index (χ0) is 16.8. The van der Waals surface area contributed by atoms with Crippen LogP contribution in [-0.2, 0) is 4.79 Å². The maximum atomic E-state index is 12.3. The number of hydrogen-bond acceptors (Lipinski definition) is 4. The number of ether oxygens (including phenoxy) is 1. The van der Waals surface area contributed by atoms with Crippen molar-refractivity contribution in [2.45, 2.75) is 19.4 Å². The van der Waals surface area contributed by atoms with Gasteiger partial charge in [-0.05, 0) is 24.6 Å². The van der Waals surface area contributed by atoms with Crippen LogP contribution in [0.5, 0.6) is 5.75 Å². The van der Waals surface area contributed by atoms with Gasteiger partial charge in [-0.3, -0.25) is 14.9 Å². The minimum Gasteiger partial charge on any atom is -0.481 e. The average molecular weight is 335 g/mol. The molecule has 120 valence electrons. The summed E-state index contributed by atoms with van der Waals surface area (Å²) in [6.07, 6.45) is -0.291. The fourth-order valence-electron chi connectivity index (χ4n) is 1.92. The Morgan fingerprint density at radius 3 is 2.61 bits per heavy atom. The first kappa shape index (κ1) is 16.8. The number of carbonyl (C=O) groups excluding carboxylic acids is 1. The lowest BCUT2D eigenvalue weighted by atomic mass is 10.2. The van der Waals surface area contributed by atoms with E-state index in [1.54, 1.807) is 24.3 Å². The Labute approximate surface area is 138 Å². The first-order valence-corrected chi connectivity index (χ1v) is 7.35. The number of halogens is 1. The third-order valence-electron chi connectivity index (χ3n) is 3.10. The van der Waals surface area contributed by atoms with Crippen molar-refractivity contribution in [2.75, 3.05) is 5.32 Å². The van der Waals surface area contributed by atoms with E-state index >= 15 is 0 Å². The van der Waals surface area contributed by atoms with Gasteiger partial charge in [0.05, 0.1) is 15.6 Å². The van der Waals surface area contributed by atoms with Crippen molar-refractivity contribution in [3.8, 4) is 5.75 Å². The average Bonchev–Trinajstić information content (AvgIpc) is 2.55. The summed E-state index contributed by atoms with van der Waals surface area (Å²) in [5.41, 5.74) is 0.0303. The third-order valence-corrected chi connectivity index (χ3v) is 3.43. The number of non-ortho nitro benzene ring substituents is 1. The molecule has 0 aromatic heterocycles. The summed E-state index contributed by atoms with van der Waals surface area (Å²) in [4.78, 5) is 22.6. The summed E-state index contributed by atoms with van der Waals surface area (Å²) in [5, 5.41) is 13.6. The molecule has 0 fully saturated rings. The molecule has 0 aliphatic carbocycles. The van der Waals surface area contributed by atoms with Crippen molar-refractivity contribution < 1.29 is 14.5 Å². The SMILES string of the molecule is CCC(Oc1ccccc1)C(=O)Nc1cc([N+](=O)[O-])ccc1Cl. The number of nitrogens with one attached hydrogen (secondary N) is 1. The number of carbonyl (C=O) groups is 1. The Balaban J connectivity index is 2.13. The Bertz CT molecular complexity index is 706. The molecule has 7 heteroatoms. The van der Waals surface area contributed by atoms with Crippen LogP contribution < -0.4 is 10.1 Å². The van der Waals surface area contributed by atoms with E-state index in [2.05, 4.69) is 5.32 Å². The molecule has 1 unspecified atom stereocenters. The van der Waals surface area contributed by atoms with E-state index in [-0.39, 0.29) is 16.4 Å². The van der Waals surface area contributed by atoms with E-state index in [0.29, 0.717) is 12.2 Å². The molecule has 0 spiro atoms. The highest BCUT2D eigenvalue weighted by atomic mass is 35.5. The van der Waals surface area contributed by atoms with Crippen molar-refractivity contribution in [1.82, 2.24) is 0 Å². The Kier molecular flexibility index (Phi) is 5.54. The van der Waals surface area contributed by atoms with Gasteiger partial charge in [0.1, 0.15) is 5.75 Å². The van der Waals surface area contributed by atoms with Gasteiger partial charge in [-0.1, -0.05) is 36.7 Å². The molecule has 0 aliphatic heterocycles. The smallest absolute Gasteiger partial charge is 0.271 e. The standard InChI is InChI=1S/C16H15ClN2O4/c1-2-15(23-12-6-4-3-5-7-12)16(20)18-14-10-11(19(21)22)8-9-13(14)17/h3-10,15H,2H2,1H3,(H,18,20). The van der Waals surface area contributed by atoms with Crippen molar-refractivity contribution in [2.24, 2.45) is 0 Å². The Morgan fingerprint density at radius 1 is 1.30 bits per heavy atom. The van der Waals surface area contributed by atoms with Crippen molar-refractivity contribution in [1.29, 1.82) is 0 Å². The normalized spacial score (nSPS) is 11.6. The van der Waals surface area contributed by atoms with Crippen LogP contribution >= 0.6 is 11.6 Å². The van der Waals surface area contributed by atoms with Crippen LogP contribution in [0.2, 0.25) is 5.02 Å². The maximum Gasteiger partial charge on any atom is 0.271 e. The summed E-state index contributed by atoms with van der Waals surface area (Å²) in [5.74, 6) is 0.151. The van der Waals surface area contributed by atoms with E-state index in [9.17, 15) is 14.9 Å². The summed E-state index contributed by atoms with van der Waals surface area (Å²) in [7, 11) is 0. The summed E-state index contributed by atoms with van der Waals surface area (Å²) in [6.45, 7) is 1.81. The lowest BCUT2D eigenvalue weighted by molar-refractivity contribution is -0.384.